The third-order valence-electron chi connectivity index (χ3n) is 4.12. The molecule has 3 heterocycles. The molecule has 128 valence electrons. The molecule has 8 heteroatoms. The summed E-state index contributed by atoms with van der Waals surface area (Å²) in [6, 6.07) is 11.6. The van der Waals surface area contributed by atoms with Gasteiger partial charge in [0.15, 0.2) is 5.69 Å². The number of amides is 1. The number of benzene rings is 1. The summed E-state index contributed by atoms with van der Waals surface area (Å²) in [7, 11) is 0. The Morgan fingerprint density at radius 1 is 1.28 bits per heavy atom. The SMILES string of the molecule is O=C(NCc1cc2n(n1)CCCNC2)c1cn(-c2ccccc2)nn1. The number of rotatable bonds is 4. The summed E-state index contributed by atoms with van der Waals surface area (Å²) >= 11 is 0. The molecule has 0 spiro atoms. The Hall–Kier alpha value is -3.00. The number of aromatic nitrogens is 5. The van der Waals surface area contributed by atoms with Gasteiger partial charge in [-0.15, -0.1) is 5.10 Å². The Bertz CT molecular complexity index is 845. The van der Waals surface area contributed by atoms with E-state index in [4.69, 9.17) is 0 Å². The van der Waals surface area contributed by atoms with Crippen molar-refractivity contribution in [1.82, 2.24) is 35.4 Å². The van der Waals surface area contributed by atoms with Gasteiger partial charge in [-0.1, -0.05) is 23.4 Å². The molecule has 0 unspecified atom stereocenters. The number of hydrogen-bond acceptors (Lipinski definition) is 5. The van der Waals surface area contributed by atoms with Crippen molar-refractivity contribution >= 4 is 5.91 Å². The van der Waals surface area contributed by atoms with Crippen LogP contribution in [0.2, 0.25) is 0 Å². The second kappa shape index (κ2) is 6.86. The molecular formula is C17H19N7O. The van der Waals surface area contributed by atoms with Crippen molar-refractivity contribution in [2.75, 3.05) is 6.54 Å². The van der Waals surface area contributed by atoms with E-state index in [0.29, 0.717) is 6.54 Å². The van der Waals surface area contributed by atoms with E-state index in [2.05, 4.69) is 26.0 Å². The molecule has 1 aliphatic rings. The van der Waals surface area contributed by atoms with Crippen LogP contribution in [0.5, 0.6) is 0 Å². The van der Waals surface area contributed by atoms with Crippen LogP contribution in [-0.2, 0) is 19.6 Å². The van der Waals surface area contributed by atoms with Crippen LogP contribution < -0.4 is 10.6 Å². The van der Waals surface area contributed by atoms with E-state index in [1.54, 1.807) is 10.9 Å². The predicted octanol–water partition coefficient (Wildman–Crippen LogP) is 0.887. The van der Waals surface area contributed by atoms with E-state index in [1.165, 1.54) is 0 Å². The zero-order valence-corrected chi connectivity index (χ0v) is 13.7. The zero-order valence-electron chi connectivity index (χ0n) is 13.7. The standard InChI is InChI=1S/C17H19N7O/c25-17(16-12-24(22-20-16)14-5-2-1-3-6-14)19-10-13-9-15-11-18-7-4-8-23(15)21-13/h1-3,5-6,9,12,18H,4,7-8,10-11H2,(H,19,25). The number of nitrogens with zero attached hydrogens (tertiary/aromatic N) is 5. The molecule has 25 heavy (non-hydrogen) atoms. The fourth-order valence-electron chi connectivity index (χ4n) is 2.84. The molecule has 0 fully saturated rings. The molecule has 2 aromatic heterocycles. The van der Waals surface area contributed by atoms with Gasteiger partial charge < -0.3 is 10.6 Å². The predicted molar refractivity (Wildman–Crippen MR) is 91.1 cm³/mol. The molecule has 1 amide bonds. The highest BCUT2D eigenvalue weighted by atomic mass is 16.2. The Kier molecular flexibility index (Phi) is 4.26. The quantitative estimate of drug-likeness (QED) is 0.738. The second-order valence-corrected chi connectivity index (χ2v) is 5.95. The first-order valence-electron chi connectivity index (χ1n) is 8.32. The average molecular weight is 337 g/mol. The zero-order chi connectivity index (χ0) is 17.1. The summed E-state index contributed by atoms with van der Waals surface area (Å²) in [5.41, 5.74) is 3.14. The van der Waals surface area contributed by atoms with Gasteiger partial charge in [-0.2, -0.15) is 5.10 Å². The lowest BCUT2D eigenvalue weighted by atomic mass is 10.3. The number of fused-ring (bicyclic) bond motifs is 1. The van der Waals surface area contributed by atoms with Crippen LogP contribution in [0, 0.1) is 0 Å². The van der Waals surface area contributed by atoms with E-state index < -0.39 is 0 Å². The van der Waals surface area contributed by atoms with Crippen LogP contribution in [-0.4, -0.2) is 37.2 Å². The van der Waals surface area contributed by atoms with Gasteiger partial charge in [0.05, 0.1) is 29.8 Å². The minimum Gasteiger partial charge on any atom is -0.345 e. The maximum atomic E-state index is 12.3. The van der Waals surface area contributed by atoms with E-state index >= 15 is 0 Å². The lowest BCUT2D eigenvalue weighted by Crippen LogP contribution is -2.23. The highest BCUT2D eigenvalue weighted by Gasteiger charge is 2.14. The topological polar surface area (TPSA) is 89.7 Å². The number of para-hydroxylation sites is 1. The molecule has 0 saturated heterocycles. The van der Waals surface area contributed by atoms with Crippen LogP contribution in [0.1, 0.15) is 28.3 Å². The van der Waals surface area contributed by atoms with Crippen molar-refractivity contribution in [3.05, 3.63) is 59.7 Å². The van der Waals surface area contributed by atoms with Crippen molar-refractivity contribution in [3.8, 4) is 5.69 Å². The van der Waals surface area contributed by atoms with E-state index in [-0.39, 0.29) is 11.6 Å². The first-order valence-corrected chi connectivity index (χ1v) is 8.32. The van der Waals surface area contributed by atoms with Crippen LogP contribution in [0.15, 0.2) is 42.6 Å². The van der Waals surface area contributed by atoms with Crippen molar-refractivity contribution in [3.63, 3.8) is 0 Å². The lowest BCUT2D eigenvalue weighted by Gasteiger charge is -2.01. The van der Waals surface area contributed by atoms with Crippen LogP contribution in [0.4, 0.5) is 0 Å². The molecular weight excluding hydrogens is 318 g/mol. The highest BCUT2D eigenvalue weighted by Crippen LogP contribution is 2.09. The number of hydrogen-bond donors (Lipinski definition) is 2. The van der Waals surface area contributed by atoms with Gasteiger partial charge in [0.2, 0.25) is 0 Å². The smallest absolute Gasteiger partial charge is 0.273 e. The number of carbonyl (C=O) groups is 1. The van der Waals surface area contributed by atoms with E-state index in [0.717, 1.165) is 43.1 Å². The summed E-state index contributed by atoms with van der Waals surface area (Å²) < 4.78 is 3.59. The maximum Gasteiger partial charge on any atom is 0.273 e. The fraction of sp³-hybridized carbons (Fsp3) is 0.294. The fourth-order valence-corrected chi connectivity index (χ4v) is 2.84. The Labute approximate surface area is 144 Å². The highest BCUT2D eigenvalue weighted by molar-refractivity contribution is 5.91. The number of nitrogens with one attached hydrogen (secondary N) is 2. The third kappa shape index (κ3) is 3.43. The summed E-state index contributed by atoms with van der Waals surface area (Å²) in [6.45, 7) is 3.09. The molecule has 0 atom stereocenters. The first kappa shape index (κ1) is 15.5. The van der Waals surface area contributed by atoms with Crippen molar-refractivity contribution in [2.24, 2.45) is 0 Å². The molecule has 0 radical (unpaired) electrons. The summed E-state index contributed by atoms with van der Waals surface area (Å²) in [4.78, 5) is 12.3. The normalized spacial score (nSPS) is 13.9. The van der Waals surface area contributed by atoms with Gasteiger partial charge in [0.1, 0.15) is 0 Å². The monoisotopic (exact) mass is 337 g/mol. The van der Waals surface area contributed by atoms with Crippen LogP contribution in [0.25, 0.3) is 5.69 Å². The Balaban J connectivity index is 1.40. The molecule has 3 aromatic rings. The largest absolute Gasteiger partial charge is 0.345 e. The van der Waals surface area contributed by atoms with Crippen LogP contribution >= 0.6 is 0 Å². The van der Waals surface area contributed by atoms with E-state index in [1.807, 2.05) is 41.1 Å². The minimum absolute atomic E-state index is 0.261. The van der Waals surface area contributed by atoms with Crippen molar-refractivity contribution < 1.29 is 4.79 Å². The molecule has 0 aliphatic carbocycles. The molecule has 0 bridgehead atoms. The molecule has 4 rings (SSSR count). The van der Waals surface area contributed by atoms with Crippen molar-refractivity contribution in [1.29, 1.82) is 0 Å². The molecule has 8 nitrogen and oxygen atoms in total. The summed E-state index contributed by atoms with van der Waals surface area (Å²) in [5.74, 6) is -0.261. The Morgan fingerprint density at radius 3 is 3.04 bits per heavy atom. The molecule has 1 aliphatic heterocycles. The van der Waals surface area contributed by atoms with Gasteiger partial charge in [0, 0.05) is 13.1 Å². The van der Waals surface area contributed by atoms with E-state index in [9.17, 15) is 4.79 Å². The lowest BCUT2D eigenvalue weighted by molar-refractivity contribution is 0.0945. The van der Waals surface area contributed by atoms with Gasteiger partial charge >= 0.3 is 0 Å². The summed E-state index contributed by atoms with van der Waals surface area (Å²) in [6.07, 6.45) is 2.68. The van der Waals surface area contributed by atoms with Gasteiger partial charge in [-0.3, -0.25) is 9.48 Å². The number of carbonyl (C=O) groups excluding carboxylic acids is 1. The van der Waals surface area contributed by atoms with Gasteiger partial charge in [-0.05, 0) is 31.2 Å². The second-order valence-electron chi connectivity index (χ2n) is 5.95. The molecule has 2 N–H and O–H groups in total. The van der Waals surface area contributed by atoms with Crippen LogP contribution in [0.3, 0.4) is 0 Å². The van der Waals surface area contributed by atoms with Crippen molar-refractivity contribution in [2.45, 2.75) is 26.1 Å². The Morgan fingerprint density at radius 2 is 2.16 bits per heavy atom. The molecule has 0 saturated carbocycles. The van der Waals surface area contributed by atoms with Gasteiger partial charge in [-0.25, -0.2) is 4.68 Å². The maximum absolute atomic E-state index is 12.3. The third-order valence-corrected chi connectivity index (χ3v) is 4.12. The minimum atomic E-state index is -0.261. The number of aryl methyl sites for hydroxylation is 1. The molecule has 1 aromatic carbocycles. The van der Waals surface area contributed by atoms with Gasteiger partial charge in [0.25, 0.3) is 5.91 Å². The average Bonchev–Trinajstić information content (AvgIpc) is 3.23. The first-order chi connectivity index (χ1) is 12.3. The summed E-state index contributed by atoms with van der Waals surface area (Å²) in [5, 5.41) is 18.7.